The molecular formula is C18H20N2O7S3. The van der Waals surface area contributed by atoms with Gasteiger partial charge in [-0.15, -0.1) is 11.3 Å². The first-order chi connectivity index (χ1) is 14.1. The molecule has 0 aliphatic carbocycles. The quantitative estimate of drug-likeness (QED) is 0.451. The van der Waals surface area contributed by atoms with Crippen molar-refractivity contribution in [3.63, 3.8) is 0 Å². The normalized spacial score (nSPS) is 14.2. The van der Waals surface area contributed by atoms with Crippen LogP contribution in [0.3, 0.4) is 0 Å². The fraction of sp³-hybridized carbons (Fsp3) is 0.333. The molecule has 0 saturated carbocycles. The highest BCUT2D eigenvalue weighted by Crippen LogP contribution is 2.30. The Balaban J connectivity index is 1.58. The summed E-state index contributed by atoms with van der Waals surface area (Å²) in [5, 5.41) is 1.60. The summed E-state index contributed by atoms with van der Waals surface area (Å²) in [6.07, 6.45) is 2.40. The van der Waals surface area contributed by atoms with E-state index in [1.807, 2.05) is 0 Å². The van der Waals surface area contributed by atoms with Crippen molar-refractivity contribution in [3.8, 4) is 0 Å². The molecule has 1 aliphatic heterocycles. The Morgan fingerprint density at radius 2 is 1.97 bits per heavy atom. The van der Waals surface area contributed by atoms with Crippen LogP contribution in [0.4, 0.5) is 5.69 Å². The van der Waals surface area contributed by atoms with Gasteiger partial charge >= 0.3 is 5.97 Å². The summed E-state index contributed by atoms with van der Waals surface area (Å²) in [5.41, 5.74) is 1.56. The van der Waals surface area contributed by atoms with Gasteiger partial charge in [-0.25, -0.2) is 16.8 Å². The number of aryl methyl sites for hydroxylation is 1. The molecule has 0 unspecified atom stereocenters. The molecule has 1 N–H and O–H groups in total. The summed E-state index contributed by atoms with van der Waals surface area (Å²) in [4.78, 5) is 24.2. The number of hydrogen-bond donors (Lipinski definition) is 1. The lowest BCUT2D eigenvalue weighted by molar-refractivity contribution is -0.141. The molecular weight excluding hydrogens is 452 g/mol. The van der Waals surface area contributed by atoms with E-state index in [1.54, 1.807) is 23.6 Å². The number of carbonyl (C=O) groups is 2. The minimum Gasteiger partial charge on any atom is -0.456 e. The first-order valence-electron chi connectivity index (χ1n) is 8.90. The van der Waals surface area contributed by atoms with Crippen LogP contribution >= 0.6 is 11.3 Å². The summed E-state index contributed by atoms with van der Waals surface area (Å²) in [6, 6.07) is 7.63. The number of thiophene rings is 1. The van der Waals surface area contributed by atoms with Crippen molar-refractivity contribution < 1.29 is 31.2 Å². The molecule has 3 rings (SSSR count). The van der Waals surface area contributed by atoms with Gasteiger partial charge in [-0.05, 0) is 48.1 Å². The van der Waals surface area contributed by atoms with Crippen LogP contribution in [0.1, 0.15) is 22.3 Å². The highest BCUT2D eigenvalue weighted by Gasteiger charge is 2.25. The van der Waals surface area contributed by atoms with Gasteiger partial charge in [-0.2, -0.15) is 4.72 Å². The zero-order valence-electron chi connectivity index (χ0n) is 16.0. The number of Topliss-reactive ketones (excluding diaryl/α,β-unsaturated/α-hetero) is 1. The van der Waals surface area contributed by atoms with Gasteiger partial charge in [0.2, 0.25) is 10.0 Å². The highest BCUT2D eigenvalue weighted by molar-refractivity contribution is 7.92. The number of carbonyl (C=O) groups excluding carboxylic acids is 2. The minimum atomic E-state index is -3.80. The third-order valence-electron chi connectivity index (χ3n) is 4.41. The van der Waals surface area contributed by atoms with Gasteiger partial charge < -0.3 is 4.74 Å². The molecule has 0 bridgehead atoms. The Morgan fingerprint density at radius 3 is 2.63 bits per heavy atom. The van der Waals surface area contributed by atoms with E-state index in [2.05, 4.69) is 4.72 Å². The van der Waals surface area contributed by atoms with E-state index in [-0.39, 0.29) is 9.77 Å². The Labute approximate surface area is 178 Å². The van der Waals surface area contributed by atoms with Crippen molar-refractivity contribution in [1.82, 2.24) is 4.72 Å². The molecule has 0 amide bonds. The predicted octanol–water partition coefficient (Wildman–Crippen LogP) is 1.16. The van der Waals surface area contributed by atoms with Crippen LogP contribution in [-0.2, 0) is 36.0 Å². The van der Waals surface area contributed by atoms with Crippen molar-refractivity contribution in [2.24, 2.45) is 0 Å². The maximum atomic E-state index is 12.4. The zero-order chi connectivity index (χ0) is 21.9. The fourth-order valence-corrected chi connectivity index (χ4v) is 6.00. The van der Waals surface area contributed by atoms with E-state index in [9.17, 15) is 26.4 Å². The van der Waals surface area contributed by atoms with Crippen molar-refractivity contribution in [2.45, 2.75) is 17.1 Å². The average Bonchev–Trinajstić information content (AvgIpc) is 3.25. The summed E-state index contributed by atoms with van der Waals surface area (Å²) in [7, 11) is -7.21. The molecule has 0 saturated heterocycles. The molecule has 0 radical (unpaired) electrons. The van der Waals surface area contributed by atoms with Gasteiger partial charge in [-0.1, -0.05) is 6.07 Å². The lowest BCUT2D eigenvalue weighted by Gasteiger charge is -2.29. The fourth-order valence-electron chi connectivity index (χ4n) is 3.00. The molecule has 0 fully saturated rings. The van der Waals surface area contributed by atoms with Crippen LogP contribution in [0.25, 0.3) is 0 Å². The average molecular weight is 473 g/mol. The highest BCUT2D eigenvalue weighted by atomic mass is 32.2. The minimum absolute atomic E-state index is 0.0728. The lowest BCUT2D eigenvalue weighted by atomic mass is 9.99. The number of nitrogens with one attached hydrogen (secondary N) is 1. The van der Waals surface area contributed by atoms with E-state index in [4.69, 9.17) is 4.74 Å². The third kappa shape index (κ3) is 5.25. The van der Waals surface area contributed by atoms with Gasteiger partial charge in [0, 0.05) is 12.1 Å². The summed E-state index contributed by atoms with van der Waals surface area (Å²) in [5.74, 6) is -1.35. The summed E-state index contributed by atoms with van der Waals surface area (Å²) >= 11 is 1.01. The number of ketones is 1. The van der Waals surface area contributed by atoms with Crippen LogP contribution in [0.2, 0.25) is 0 Å². The van der Waals surface area contributed by atoms with Gasteiger partial charge in [0.15, 0.2) is 12.4 Å². The number of anilines is 1. The Hall–Kier alpha value is -2.28. The number of rotatable bonds is 8. The second-order valence-electron chi connectivity index (χ2n) is 6.62. The van der Waals surface area contributed by atoms with Crippen LogP contribution in [0, 0.1) is 0 Å². The monoisotopic (exact) mass is 472 g/mol. The SMILES string of the molecule is CS(=O)(=O)N1CCCc2cc(C(=O)COC(=O)CNS(=O)(=O)c3cccs3)ccc21. The van der Waals surface area contributed by atoms with E-state index < -0.39 is 45.0 Å². The van der Waals surface area contributed by atoms with Crippen molar-refractivity contribution in [2.75, 3.05) is 30.3 Å². The van der Waals surface area contributed by atoms with Crippen LogP contribution < -0.4 is 9.03 Å². The molecule has 12 heteroatoms. The number of sulfonamides is 2. The molecule has 9 nitrogen and oxygen atoms in total. The smallest absolute Gasteiger partial charge is 0.321 e. The second-order valence-corrected chi connectivity index (χ2v) is 11.5. The largest absolute Gasteiger partial charge is 0.456 e. The van der Waals surface area contributed by atoms with Crippen molar-refractivity contribution in [3.05, 3.63) is 46.8 Å². The molecule has 162 valence electrons. The maximum absolute atomic E-state index is 12.4. The zero-order valence-corrected chi connectivity index (χ0v) is 18.5. The van der Waals surface area contributed by atoms with Gasteiger partial charge in [0.1, 0.15) is 10.8 Å². The first kappa shape index (κ1) is 22.4. The van der Waals surface area contributed by atoms with E-state index in [0.29, 0.717) is 25.1 Å². The van der Waals surface area contributed by atoms with E-state index >= 15 is 0 Å². The molecule has 0 atom stereocenters. The number of nitrogens with zero attached hydrogens (tertiary/aromatic N) is 1. The van der Waals surface area contributed by atoms with Crippen LogP contribution in [0.5, 0.6) is 0 Å². The van der Waals surface area contributed by atoms with E-state index in [0.717, 1.165) is 23.2 Å². The van der Waals surface area contributed by atoms with Crippen LogP contribution in [0.15, 0.2) is 39.9 Å². The molecule has 1 aliphatic rings. The van der Waals surface area contributed by atoms with Crippen LogP contribution in [-0.4, -0.2) is 54.5 Å². The van der Waals surface area contributed by atoms with Crippen molar-refractivity contribution >= 4 is 48.8 Å². The Bertz CT molecular complexity index is 1160. The first-order valence-corrected chi connectivity index (χ1v) is 13.1. The maximum Gasteiger partial charge on any atom is 0.321 e. The number of ether oxygens (including phenoxy) is 1. The molecule has 1 aromatic carbocycles. The predicted molar refractivity (Wildman–Crippen MR) is 112 cm³/mol. The third-order valence-corrected chi connectivity index (χ3v) is 8.39. The number of esters is 1. The topological polar surface area (TPSA) is 127 Å². The summed E-state index contributed by atoms with van der Waals surface area (Å²) < 4.78 is 56.1. The number of benzene rings is 1. The second kappa shape index (κ2) is 8.84. The van der Waals surface area contributed by atoms with Gasteiger partial charge in [-0.3, -0.25) is 13.9 Å². The lowest BCUT2D eigenvalue weighted by Crippen LogP contribution is -2.34. The molecule has 0 spiro atoms. The van der Waals surface area contributed by atoms with E-state index in [1.165, 1.54) is 16.4 Å². The number of hydrogen-bond acceptors (Lipinski definition) is 8. The van der Waals surface area contributed by atoms with Crippen molar-refractivity contribution in [1.29, 1.82) is 0 Å². The molecule has 1 aromatic heterocycles. The Kier molecular flexibility index (Phi) is 6.60. The summed E-state index contributed by atoms with van der Waals surface area (Å²) in [6.45, 7) is -0.757. The van der Waals surface area contributed by atoms with Gasteiger partial charge in [0.05, 0.1) is 11.9 Å². The Morgan fingerprint density at radius 1 is 1.20 bits per heavy atom. The molecule has 30 heavy (non-hydrogen) atoms. The van der Waals surface area contributed by atoms with Gasteiger partial charge in [0.25, 0.3) is 10.0 Å². The molecule has 2 aromatic rings. The molecule has 2 heterocycles. The standard InChI is InChI=1S/C18H20N2O7S3/c1-29(23,24)20-8-2-4-13-10-14(6-7-15(13)20)16(21)12-27-17(22)11-19-30(25,26)18-5-3-9-28-18/h3,5-7,9-10,19H,2,4,8,11-12H2,1H3. The number of fused-ring (bicyclic) bond motifs is 1.